The molecule has 5 rings (SSSR count). The van der Waals surface area contributed by atoms with Gasteiger partial charge in [-0.2, -0.15) is 0 Å². The fourth-order valence-electron chi connectivity index (χ4n) is 4.33. The molecular weight excluding hydrogens is 274 g/mol. The van der Waals surface area contributed by atoms with E-state index in [0.29, 0.717) is 22.4 Å². The molecule has 4 fully saturated rings. The molecule has 106 valence electrons. The SMILES string of the molecule is O=C(OC1[C@@H]2CC3C[C@@H]1CN(C3)C2)c1ccc(Cl)cc1. The zero-order valence-electron chi connectivity index (χ0n) is 11.3. The molecule has 0 amide bonds. The van der Waals surface area contributed by atoms with Gasteiger partial charge in [0, 0.05) is 36.5 Å². The van der Waals surface area contributed by atoms with Crippen LogP contribution in [0.5, 0.6) is 0 Å². The van der Waals surface area contributed by atoms with Crippen molar-refractivity contribution in [3.8, 4) is 0 Å². The molecule has 3 nitrogen and oxygen atoms in total. The highest BCUT2D eigenvalue weighted by Gasteiger charge is 2.49. The van der Waals surface area contributed by atoms with Crippen LogP contribution >= 0.6 is 11.6 Å². The van der Waals surface area contributed by atoms with Crippen LogP contribution in [0.3, 0.4) is 0 Å². The van der Waals surface area contributed by atoms with Gasteiger partial charge < -0.3 is 9.64 Å². The van der Waals surface area contributed by atoms with Crippen LogP contribution in [0, 0.1) is 17.8 Å². The quantitative estimate of drug-likeness (QED) is 0.785. The van der Waals surface area contributed by atoms with Crippen molar-refractivity contribution in [2.75, 3.05) is 19.6 Å². The Morgan fingerprint density at radius 3 is 2.35 bits per heavy atom. The first kappa shape index (κ1) is 12.7. The maximum absolute atomic E-state index is 12.3. The van der Waals surface area contributed by atoms with Gasteiger partial charge in [0.2, 0.25) is 0 Å². The third kappa shape index (κ3) is 2.13. The van der Waals surface area contributed by atoms with E-state index in [1.54, 1.807) is 24.3 Å². The Labute approximate surface area is 123 Å². The van der Waals surface area contributed by atoms with Crippen LogP contribution in [0.15, 0.2) is 24.3 Å². The van der Waals surface area contributed by atoms with Crippen LogP contribution in [-0.2, 0) is 4.74 Å². The molecular formula is C16H18ClNO2. The average Bonchev–Trinajstić information content (AvgIpc) is 2.42. The number of halogens is 1. The second-order valence-corrected chi connectivity index (χ2v) is 6.89. The summed E-state index contributed by atoms with van der Waals surface area (Å²) < 4.78 is 5.84. The topological polar surface area (TPSA) is 29.5 Å². The van der Waals surface area contributed by atoms with Gasteiger partial charge in [-0.15, -0.1) is 0 Å². The van der Waals surface area contributed by atoms with E-state index in [0.717, 1.165) is 19.0 Å². The largest absolute Gasteiger partial charge is 0.458 e. The van der Waals surface area contributed by atoms with Crippen LogP contribution in [0.2, 0.25) is 5.02 Å². The van der Waals surface area contributed by atoms with Crippen LogP contribution in [0.25, 0.3) is 0 Å². The monoisotopic (exact) mass is 291 g/mol. The van der Waals surface area contributed by atoms with Crippen LogP contribution in [0.4, 0.5) is 0 Å². The minimum Gasteiger partial charge on any atom is -0.458 e. The van der Waals surface area contributed by atoms with Gasteiger partial charge in [0.05, 0.1) is 5.56 Å². The van der Waals surface area contributed by atoms with Crippen molar-refractivity contribution in [2.45, 2.75) is 18.9 Å². The van der Waals surface area contributed by atoms with E-state index in [2.05, 4.69) is 4.90 Å². The van der Waals surface area contributed by atoms with E-state index in [1.807, 2.05) is 0 Å². The molecule has 1 aromatic rings. The average molecular weight is 292 g/mol. The van der Waals surface area contributed by atoms with Crippen molar-refractivity contribution in [1.29, 1.82) is 0 Å². The summed E-state index contributed by atoms with van der Waals surface area (Å²) in [6.45, 7) is 3.46. The summed E-state index contributed by atoms with van der Waals surface area (Å²) in [5, 5.41) is 0.643. The highest BCUT2D eigenvalue weighted by Crippen LogP contribution is 2.44. The molecule has 4 heteroatoms. The molecule has 0 N–H and O–H groups in total. The molecule has 0 radical (unpaired) electrons. The number of benzene rings is 1. The first-order chi connectivity index (χ1) is 9.69. The number of carbonyl (C=O) groups excluding carboxylic acids is 1. The lowest BCUT2D eigenvalue weighted by Gasteiger charge is -2.55. The number of carbonyl (C=O) groups is 1. The maximum Gasteiger partial charge on any atom is 0.338 e. The zero-order valence-corrected chi connectivity index (χ0v) is 12.1. The Balaban J connectivity index is 1.49. The normalized spacial score (nSPS) is 38.0. The van der Waals surface area contributed by atoms with Gasteiger partial charge >= 0.3 is 5.97 Å². The van der Waals surface area contributed by atoms with E-state index < -0.39 is 0 Å². The third-order valence-electron chi connectivity index (χ3n) is 5.03. The Hall–Kier alpha value is -1.06. The minimum absolute atomic E-state index is 0.117. The Morgan fingerprint density at radius 2 is 1.75 bits per heavy atom. The molecule has 3 heterocycles. The van der Waals surface area contributed by atoms with Crippen LogP contribution < -0.4 is 0 Å². The lowest BCUT2D eigenvalue weighted by molar-refractivity contribution is -0.116. The summed E-state index contributed by atoms with van der Waals surface area (Å²) >= 11 is 5.85. The highest BCUT2D eigenvalue weighted by molar-refractivity contribution is 6.30. The van der Waals surface area contributed by atoms with Crippen molar-refractivity contribution in [1.82, 2.24) is 4.90 Å². The lowest BCUT2D eigenvalue weighted by atomic mass is 9.66. The number of hydrogen-bond acceptors (Lipinski definition) is 3. The summed E-state index contributed by atoms with van der Waals surface area (Å²) in [5.74, 6) is 1.71. The second kappa shape index (κ2) is 4.74. The lowest BCUT2D eigenvalue weighted by Crippen LogP contribution is -2.60. The molecule has 1 saturated carbocycles. The Morgan fingerprint density at radius 1 is 1.10 bits per heavy atom. The summed E-state index contributed by atoms with van der Waals surface area (Å²) in [7, 11) is 0. The predicted molar refractivity (Wildman–Crippen MR) is 76.8 cm³/mol. The fourth-order valence-corrected chi connectivity index (χ4v) is 4.46. The number of piperidine rings is 3. The molecule has 1 aromatic carbocycles. The minimum atomic E-state index is -0.200. The summed E-state index contributed by atoms with van der Waals surface area (Å²) in [5.41, 5.74) is 0.600. The smallest absolute Gasteiger partial charge is 0.338 e. The second-order valence-electron chi connectivity index (χ2n) is 6.45. The molecule has 4 bridgehead atoms. The van der Waals surface area contributed by atoms with Gasteiger partial charge in [0.15, 0.2) is 0 Å². The fraction of sp³-hybridized carbons (Fsp3) is 0.562. The third-order valence-corrected chi connectivity index (χ3v) is 5.28. The van der Waals surface area contributed by atoms with E-state index in [4.69, 9.17) is 16.3 Å². The predicted octanol–water partition coefficient (Wildman–Crippen LogP) is 2.84. The number of ether oxygens (including phenoxy) is 1. The molecule has 20 heavy (non-hydrogen) atoms. The summed E-state index contributed by atoms with van der Waals surface area (Å²) in [4.78, 5) is 14.8. The van der Waals surface area contributed by atoms with Gasteiger partial charge in [-0.3, -0.25) is 0 Å². The molecule has 1 aliphatic carbocycles. The van der Waals surface area contributed by atoms with E-state index >= 15 is 0 Å². The van der Waals surface area contributed by atoms with Crippen molar-refractivity contribution in [3.63, 3.8) is 0 Å². The Bertz CT molecular complexity index is 500. The Kier molecular flexibility index (Phi) is 3.00. The van der Waals surface area contributed by atoms with Crippen molar-refractivity contribution in [3.05, 3.63) is 34.9 Å². The van der Waals surface area contributed by atoms with Gasteiger partial charge in [0.25, 0.3) is 0 Å². The van der Waals surface area contributed by atoms with E-state index in [1.165, 1.54) is 19.4 Å². The van der Waals surface area contributed by atoms with E-state index in [9.17, 15) is 4.79 Å². The van der Waals surface area contributed by atoms with Crippen molar-refractivity contribution < 1.29 is 9.53 Å². The molecule has 3 saturated heterocycles. The van der Waals surface area contributed by atoms with Gasteiger partial charge in [-0.1, -0.05) is 11.6 Å². The highest BCUT2D eigenvalue weighted by atomic mass is 35.5. The molecule has 3 aliphatic heterocycles. The molecule has 4 aliphatic rings. The van der Waals surface area contributed by atoms with Crippen molar-refractivity contribution in [2.24, 2.45) is 17.8 Å². The number of esters is 1. The standard InChI is InChI=1S/C16H18ClNO2/c17-14-3-1-11(2-4-14)16(19)20-15-12-5-10-6-13(15)9-18(7-10)8-12/h1-4,10,12-13,15H,5-9H2/t10?,12-,13-,15?/m1/s1. The molecule has 0 spiro atoms. The first-order valence-corrected chi connectivity index (χ1v) is 7.76. The van der Waals surface area contributed by atoms with Crippen LogP contribution in [-0.4, -0.2) is 36.6 Å². The summed E-state index contributed by atoms with van der Waals surface area (Å²) in [6.07, 6.45) is 2.57. The van der Waals surface area contributed by atoms with E-state index in [-0.39, 0.29) is 12.1 Å². The first-order valence-electron chi connectivity index (χ1n) is 7.38. The van der Waals surface area contributed by atoms with Crippen molar-refractivity contribution >= 4 is 17.6 Å². The molecule has 2 atom stereocenters. The summed E-state index contributed by atoms with van der Waals surface area (Å²) in [6, 6.07) is 6.95. The molecule has 0 unspecified atom stereocenters. The number of nitrogens with zero attached hydrogens (tertiary/aromatic N) is 1. The number of rotatable bonds is 2. The van der Waals surface area contributed by atoms with Gasteiger partial charge in [-0.05, 0) is 43.0 Å². The zero-order chi connectivity index (χ0) is 13.7. The van der Waals surface area contributed by atoms with Gasteiger partial charge in [-0.25, -0.2) is 4.79 Å². The number of hydrogen-bond donors (Lipinski definition) is 0. The van der Waals surface area contributed by atoms with Crippen LogP contribution in [0.1, 0.15) is 23.2 Å². The molecule has 0 aromatic heterocycles. The van der Waals surface area contributed by atoms with Gasteiger partial charge in [0.1, 0.15) is 6.10 Å². The maximum atomic E-state index is 12.3.